The fraction of sp³-hybridized carbons (Fsp3) is 0.368. The molecule has 0 amide bonds. The second-order valence-electron chi connectivity index (χ2n) is 6.71. The Labute approximate surface area is 146 Å². The average Bonchev–Trinajstić information content (AvgIpc) is 2.51. The number of benzene rings is 2. The Hall–Kier alpha value is -1.13. The van der Waals surface area contributed by atoms with E-state index in [2.05, 4.69) is 67.4 Å². The molecule has 0 saturated heterocycles. The van der Waals surface area contributed by atoms with E-state index in [1.165, 1.54) is 11.1 Å². The predicted octanol–water partition coefficient (Wildman–Crippen LogP) is 5.06. The summed E-state index contributed by atoms with van der Waals surface area (Å²) in [4.78, 5) is 0. The molecule has 0 fully saturated rings. The van der Waals surface area contributed by atoms with Crippen molar-refractivity contribution in [1.82, 2.24) is 5.32 Å². The first-order valence-corrected chi connectivity index (χ1v) is 11.9. The van der Waals surface area contributed by atoms with E-state index in [0.717, 1.165) is 24.5 Å². The molecule has 0 spiro atoms. The van der Waals surface area contributed by atoms with E-state index in [1.54, 1.807) is 0 Å². The van der Waals surface area contributed by atoms with E-state index in [0.29, 0.717) is 0 Å². The molecule has 2 aromatic rings. The van der Waals surface area contributed by atoms with Crippen LogP contribution < -0.4 is 5.32 Å². The molecule has 1 unspecified atom stereocenters. The average molecular weight is 348 g/mol. The monoisotopic (exact) mass is 347 g/mol. The van der Waals surface area contributed by atoms with E-state index in [9.17, 15) is 0 Å². The second-order valence-corrected chi connectivity index (χ2v) is 11.6. The Morgan fingerprint density at radius 2 is 1.65 bits per heavy atom. The highest BCUT2D eigenvalue weighted by Crippen LogP contribution is 2.23. The third kappa shape index (κ3) is 6.88. The molecule has 2 aromatic carbocycles. The van der Waals surface area contributed by atoms with Gasteiger partial charge < -0.3 is 9.74 Å². The lowest BCUT2D eigenvalue weighted by Gasteiger charge is -2.27. The zero-order chi connectivity index (χ0) is 16.7. The van der Waals surface area contributed by atoms with Gasteiger partial charge in [-0.3, -0.25) is 0 Å². The number of hydrogen-bond acceptors (Lipinski definition) is 2. The summed E-state index contributed by atoms with van der Waals surface area (Å²) in [6.07, 6.45) is 1.11. The van der Waals surface area contributed by atoms with Gasteiger partial charge in [-0.15, -0.1) is 0 Å². The van der Waals surface area contributed by atoms with Gasteiger partial charge in [-0.2, -0.15) is 0 Å². The molecule has 0 aliphatic carbocycles. The van der Waals surface area contributed by atoms with Crippen LogP contribution in [0.1, 0.15) is 17.2 Å². The minimum atomic E-state index is -1.61. The van der Waals surface area contributed by atoms with Crippen molar-refractivity contribution < 1.29 is 4.43 Å². The summed E-state index contributed by atoms with van der Waals surface area (Å²) in [5.74, 6) is 0. The quantitative estimate of drug-likeness (QED) is 0.532. The summed E-state index contributed by atoms with van der Waals surface area (Å²) in [6, 6.07) is 18.5. The van der Waals surface area contributed by atoms with Crippen LogP contribution in [0.4, 0.5) is 0 Å². The lowest BCUT2D eigenvalue weighted by Crippen LogP contribution is -2.33. The largest absolute Gasteiger partial charge is 0.409 e. The van der Waals surface area contributed by atoms with Crippen molar-refractivity contribution >= 4 is 19.9 Å². The number of halogens is 1. The van der Waals surface area contributed by atoms with Crippen molar-refractivity contribution in [3.05, 3.63) is 70.7 Å². The maximum atomic E-state index is 6.35. The van der Waals surface area contributed by atoms with E-state index in [4.69, 9.17) is 16.0 Å². The lowest BCUT2D eigenvalue weighted by molar-refractivity contribution is 0.194. The number of rotatable bonds is 8. The van der Waals surface area contributed by atoms with Crippen molar-refractivity contribution in [3.63, 3.8) is 0 Å². The van der Waals surface area contributed by atoms with E-state index < -0.39 is 8.32 Å². The maximum absolute atomic E-state index is 6.35. The smallest absolute Gasteiger partial charge is 0.184 e. The molecule has 2 rings (SSSR count). The van der Waals surface area contributed by atoms with Gasteiger partial charge in [-0.25, -0.2) is 0 Å². The standard InChI is InChI=1S/C19H26ClNOSi/c1-23(2,3)22-19(17-9-11-18(20)12-10-17)15-21-14-13-16-7-5-4-6-8-16/h4-12,19,21H,13-15H2,1-3H3. The molecule has 1 atom stereocenters. The molecular formula is C19H26ClNOSi. The van der Waals surface area contributed by atoms with Crippen molar-refractivity contribution in [1.29, 1.82) is 0 Å². The van der Waals surface area contributed by atoms with Gasteiger partial charge in [0.05, 0.1) is 6.10 Å². The molecule has 23 heavy (non-hydrogen) atoms. The van der Waals surface area contributed by atoms with Gasteiger partial charge in [0, 0.05) is 11.6 Å². The van der Waals surface area contributed by atoms with Crippen LogP contribution in [-0.4, -0.2) is 21.4 Å². The minimum Gasteiger partial charge on any atom is -0.409 e. The van der Waals surface area contributed by atoms with Crippen molar-refractivity contribution in [3.8, 4) is 0 Å². The Morgan fingerprint density at radius 1 is 1.00 bits per heavy atom. The molecule has 0 bridgehead atoms. The van der Waals surface area contributed by atoms with Crippen LogP contribution in [0.15, 0.2) is 54.6 Å². The molecular weight excluding hydrogens is 322 g/mol. The highest BCUT2D eigenvalue weighted by atomic mass is 35.5. The maximum Gasteiger partial charge on any atom is 0.184 e. The third-order valence-electron chi connectivity index (χ3n) is 3.50. The van der Waals surface area contributed by atoms with Crippen LogP contribution in [0.5, 0.6) is 0 Å². The zero-order valence-corrected chi connectivity index (χ0v) is 15.9. The van der Waals surface area contributed by atoms with Gasteiger partial charge in [-0.1, -0.05) is 54.1 Å². The van der Waals surface area contributed by atoms with Gasteiger partial charge in [0.15, 0.2) is 8.32 Å². The van der Waals surface area contributed by atoms with Crippen LogP contribution in [0, 0.1) is 0 Å². The van der Waals surface area contributed by atoms with E-state index in [-0.39, 0.29) is 6.10 Å². The normalized spacial score (nSPS) is 13.0. The molecule has 0 heterocycles. The van der Waals surface area contributed by atoms with E-state index >= 15 is 0 Å². The minimum absolute atomic E-state index is 0.0784. The summed E-state index contributed by atoms with van der Waals surface area (Å²) in [5.41, 5.74) is 2.54. The Morgan fingerprint density at radius 3 is 2.26 bits per heavy atom. The summed E-state index contributed by atoms with van der Waals surface area (Å²) in [6.45, 7) is 8.43. The molecule has 124 valence electrons. The van der Waals surface area contributed by atoms with Crippen LogP contribution in [0.2, 0.25) is 24.7 Å². The first-order valence-electron chi connectivity index (χ1n) is 8.12. The number of hydrogen-bond donors (Lipinski definition) is 1. The first kappa shape index (κ1) is 18.2. The van der Waals surface area contributed by atoms with Crippen molar-refractivity contribution in [2.45, 2.75) is 32.2 Å². The number of nitrogens with one attached hydrogen (secondary N) is 1. The zero-order valence-electron chi connectivity index (χ0n) is 14.2. The lowest BCUT2D eigenvalue weighted by atomic mass is 10.1. The van der Waals surface area contributed by atoms with Crippen LogP contribution in [-0.2, 0) is 10.8 Å². The summed E-state index contributed by atoms with van der Waals surface area (Å²) in [7, 11) is -1.61. The fourth-order valence-corrected chi connectivity index (χ4v) is 3.64. The highest BCUT2D eigenvalue weighted by molar-refractivity contribution is 6.69. The van der Waals surface area contributed by atoms with Crippen LogP contribution in [0.25, 0.3) is 0 Å². The van der Waals surface area contributed by atoms with Gasteiger partial charge >= 0.3 is 0 Å². The third-order valence-corrected chi connectivity index (χ3v) is 4.74. The van der Waals surface area contributed by atoms with Gasteiger partial charge in [-0.05, 0) is 55.9 Å². The Bertz CT molecular complexity index is 581. The molecule has 0 aliphatic heterocycles. The fourth-order valence-electron chi connectivity index (χ4n) is 2.44. The molecule has 2 nitrogen and oxygen atoms in total. The van der Waals surface area contributed by atoms with Crippen molar-refractivity contribution in [2.75, 3.05) is 13.1 Å². The Balaban J connectivity index is 1.91. The second kappa shape index (κ2) is 8.64. The van der Waals surface area contributed by atoms with Gasteiger partial charge in [0.1, 0.15) is 0 Å². The summed E-state index contributed by atoms with van der Waals surface area (Å²) in [5, 5.41) is 4.30. The Kier molecular flexibility index (Phi) is 6.84. The van der Waals surface area contributed by atoms with E-state index in [1.807, 2.05) is 12.1 Å². The molecule has 0 aromatic heterocycles. The summed E-state index contributed by atoms with van der Waals surface area (Å²) < 4.78 is 6.35. The molecule has 4 heteroatoms. The molecule has 0 saturated carbocycles. The topological polar surface area (TPSA) is 21.3 Å². The summed E-state index contributed by atoms with van der Waals surface area (Å²) >= 11 is 6.00. The van der Waals surface area contributed by atoms with Crippen molar-refractivity contribution in [2.24, 2.45) is 0 Å². The van der Waals surface area contributed by atoms with Crippen LogP contribution in [0.3, 0.4) is 0 Å². The van der Waals surface area contributed by atoms with Gasteiger partial charge in [0.2, 0.25) is 0 Å². The highest BCUT2D eigenvalue weighted by Gasteiger charge is 2.22. The van der Waals surface area contributed by atoms with Crippen LogP contribution >= 0.6 is 11.6 Å². The SMILES string of the molecule is C[Si](C)(C)OC(CNCCc1ccccc1)c1ccc(Cl)cc1. The molecule has 0 radical (unpaired) electrons. The molecule has 1 N–H and O–H groups in total. The predicted molar refractivity (Wildman–Crippen MR) is 102 cm³/mol. The van der Waals surface area contributed by atoms with Gasteiger partial charge in [0.25, 0.3) is 0 Å². The first-order chi connectivity index (χ1) is 10.9. The molecule has 0 aliphatic rings.